The molecular weight excluding hydrogens is 308 g/mol. The summed E-state index contributed by atoms with van der Waals surface area (Å²) in [6, 6.07) is 7.03. The molecule has 2 nitrogen and oxygen atoms in total. The first kappa shape index (κ1) is 14.2. The zero-order chi connectivity index (χ0) is 13.0. The quantitative estimate of drug-likeness (QED) is 0.911. The molecule has 0 spiro atoms. The van der Waals surface area contributed by atoms with Gasteiger partial charge in [-0.15, -0.1) is 0 Å². The lowest BCUT2D eigenvalue weighted by molar-refractivity contribution is 0.647. The first-order chi connectivity index (χ1) is 8.72. The Morgan fingerprint density at radius 3 is 2.94 bits per heavy atom. The summed E-state index contributed by atoms with van der Waals surface area (Å²) >= 11 is 5.67. The highest BCUT2D eigenvalue weighted by molar-refractivity contribution is 9.10. The van der Waals surface area contributed by atoms with Crippen molar-refractivity contribution in [2.45, 2.75) is 19.4 Å². The lowest BCUT2D eigenvalue weighted by Crippen LogP contribution is -2.28. The van der Waals surface area contributed by atoms with Gasteiger partial charge in [0.25, 0.3) is 0 Å². The third kappa shape index (κ3) is 3.43. The van der Waals surface area contributed by atoms with E-state index in [1.165, 1.54) is 40.2 Å². The molecule has 1 aliphatic heterocycles. The van der Waals surface area contributed by atoms with Crippen molar-refractivity contribution in [3.63, 3.8) is 0 Å². The van der Waals surface area contributed by atoms with Crippen LogP contribution in [0, 0.1) is 0 Å². The molecule has 0 saturated carbocycles. The molecule has 100 valence electrons. The molecule has 1 fully saturated rings. The van der Waals surface area contributed by atoms with Crippen molar-refractivity contribution < 1.29 is 0 Å². The average molecular weight is 329 g/mol. The molecule has 1 aromatic carbocycles. The van der Waals surface area contributed by atoms with Crippen molar-refractivity contribution in [2.75, 3.05) is 36.5 Å². The van der Waals surface area contributed by atoms with E-state index in [0.29, 0.717) is 6.04 Å². The second-order valence-electron chi connectivity index (χ2n) is 4.67. The number of halogens is 1. The number of nitrogens with zero attached hydrogens (tertiary/aromatic N) is 1. The van der Waals surface area contributed by atoms with Crippen LogP contribution in [0.5, 0.6) is 0 Å². The summed E-state index contributed by atoms with van der Waals surface area (Å²) in [6.45, 7) is 4.55. The smallest absolute Gasteiger partial charge is 0.0426 e. The van der Waals surface area contributed by atoms with E-state index in [9.17, 15) is 0 Å². The standard InChI is InChI=1S/C14H21BrN2S/c1-11(16-2)13-5-4-12(15)10-14(13)17-6-3-8-18-9-7-17/h4-5,10-11,16H,3,6-9H2,1-2H3. The van der Waals surface area contributed by atoms with Crippen molar-refractivity contribution in [3.8, 4) is 0 Å². The molecule has 0 aromatic heterocycles. The SMILES string of the molecule is CNC(C)c1ccc(Br)cc1N1CCCSCC1. The molecule has 1 aliphatic rings. The number of rotatable bonds is 3. The lowest BCUT2D eigenvalue weighted by atomic mass is 10.1. The van der Waals surface area contributed by atoms with Crippen LogP contribution < -0.4 is 10.2 Å². The maximum atomic E-state index is 3.60. The first-order valence-corrected chi connectivity index (χ1v) is 8.46. The number of hydrogen-bond acceptors (Lipinski definition) is 3. The number of hydrogen-bond donors (Lipinski definition) is 1. The highest BCUT2D eigenvalue weighted by atomic mass is 79.9. The highest BCUT2D eigenvalue weighted by Gasteiger charge is 2.16. The summed E-state index contributed by atoms with van der Waals surface area (Å²) < 4.78 is 1.17. The fourth-order valence-corrected chi connectivity index (χ4v) is 3.54. The third-order valence-electron chi connectivity index (χ3n) is 3.45. The predicted molar refractivity (Wildman–Crippen MR) is 85.8 cm³/mol. The molecule has 18 heavy (non-hydrogen) atoms. The van der Waals surface area contributed by atoms with Crippen LogP contribution in [0.25, 0.3) is 0 Å². The number of thioether (sulfide) groups is 1. The van der Waals surface area contributed by atoms with E-state index in [-0.39, 0.29) is 0 Å². The van der Waals surface area contributed by atoms with Gasteiger partial charge in [-0.05, 0) is 43.8 Å². The normalized spacial score (nSPS) is 18.5. The van der Waals surface area contributed by atoms with E-state index in [0.717, 1.165) is 6.54 Å². The molecule has 1 heterocycles. The summed E-state index contributed by atoms with van der Waals surface area (Å²) in [4.78, 5) is 2.54. The summed E-state index contributed by atoms with van der Waals surface area (Å²) in [6.07, 6.45) is 1.28. The molecular formula is C14H21BrN2S. The number of nitrogens with one attached hydrogen (secondary N) is 1. The Labute approximate surface area is 123 Å². The topological polar surface area (TPSA) is 15.3 Å². The highest BCUT2D eigenvalue weighted by Crippen LogP contribution is 2.31. The van der Waals surface area contributed by atoms with Crippen molar-refractivity contribution in [2.24, 2.45) is 0 Å². The van der Waals surface area contributed by atoms with E-state index in [2.05, 4.69) is 63.0 Å². The van der Waals surface area contributed by atoms with Gasteiger partial charge in [0.2, 0.25) is 0 Å². The fourth-order valence-electron chi connectivity index (χ4n) is 2.30. The van der Waals surface area contributed by atoms with Crippen LogP contribution in [-0.4, -0.2) is 31.6 Å². The average Bonchev–Trinajstić information content (AvgIpc) is 2.66. The zero-order valence-electron chi connectivity index (χ0n) is 11.1. The van der Waals surface area contributed by atoms with Gasteiger partial charge in [0.05, 0.1) is 0 Å². The summed E-state index contributed by atoms with van der Waals surface area (Å²) in [5.74, 6) is 2.53. The molecule has 4 heteroatoms. The minimum absolute atomic E-state index is 0.393. The molecule has 1 saturated heterocycles. The Bertz CT molecular complexity index is 389. The summed E-state index contributed by atoms with van der Waals surface area (Å²) in [5.41, 5.74) is 2.78. The van der Waals surface area contributed by atoms with E-state index in [1.807, 2.05) is 7.05 Å². The molecule has 0 bridgehead atoms. The van der Waals surface area contributed by atoms with E-state index in [4.69, 9.17) is 0 Å². The molecule has 1 unspecified atom stereocenters. The minimum atomic E-state index is 0.393. The van der Waals surface area contributed by atoms with Gasteiger partial charge in [-0.25, -0.2) is 0 Å². The monoisotopic (exact) mass is 328 g/mol. The van der Waals surface area contributed by atoms with Crippen LogP contribution in [0.3, 0.4) is 0 Å². The van der Waals surface area contributed by atoms with Crippen molar-refractivity contribution >= 4 is 33.4 Å². The van der Waals surface area contributed by atoms with Gasteiger partial charge < -0.3 is 10.2 Å². The molecule has 1 aromatic rings. The number of anilines is 1. The maximum Gasteiger partial charge on any atom is 0.0426 e. The Morgan fingerprint density at radius 1 is 1.33 bits per heavy atom. The van der Waals surface area contributed by atoms with Gasteiger partial charge in [0.1, 0.15) is 0 Å². The Kier molecular flexibility index (Phi) is 5.39. The van der Waals surface area contributed by atoms with Crippen molar-refractivity contribution in [1.82, 2.24) is 5.32 Å². The van der Waals surface area contributed by atoms with Crippen LogP contribution in [0.15, 0.2) is 22.7 Å². The van der Waals surface area contributed by atoms with Crippen molar-refractivity contribution in [3.05, 3.63) is 28.2 Å². The van der Waals surface area contributed by atoms with Crippen molar-refractivity contribution in [1.29, 1.82) is 0 Å². The zero-order valence-corrected chi connectivity index (χ0v) is 13.5. The van der Waals surface area contributed by atoms with Gasteiger partial charge in [-0.1, -0.05) is 22.0 Å². The first-order valence-electron chi connectivity index (χ1n) is 6.52. The van der Waals surface area contributed by atoms with Gasteiger partial charge in [-0.2, -0.15) is 11.8 Å². The van der Waals surface area contributed by atoms with Gasteiger partial charge in [0, 0.05) is 35.0 Å². The fraction of sp³-hybridized carbons (Fsp3) is 0.571. The van der Waals surface area contributed by atoms with Gasteiger partial charge in [0.15, 0.2) is 0 Å². The molecule has 0 radical (unpaired) electrons. The van der Waals surface area contributed by atoms with Gasteiger partial charge in [-0.3, -0.25) is 0 Å². The maximum absolute atomic E-state index is 3.60. The van der Waals surface area contributed by atoms with Crippen LogP contribution in [0.4, 0.5) is 5.69 Å². The minimum Gasteiger partial charge on any atom is -0.370 e. The molecule has 0 aliphatic carbocycles. The summed E-state index contributed by atoms with van der Waals surface area (Å²) in [5, 5.41) is 3.35. The molecule has 1 atom stereocenters. The molecule has 2 rings (SSSR count). The Hall–Kier alpha value is -0.190. The van der Waals surface area contributed by atoms with Crippen LogP contribution in [-0.2, 0) is 0 Å². The van der Waals surface area contributed by atoms with Crippen LogP contribution in [0.1, 0.15) is 24.9 Å². The van der Waals surface area contributed by atoms with E-state index < -0.39 is 0 Å². The van der Waals surface area contributed by atoms with E-state index in [1.54, 1.807) is 0 Å². The predicted octanol–water partition coefficient (Wildman–Crippen LogP) is 3.67. The molecule has 1 N–H and O–H groups in total. The second kappa shape index (κ2) is 6.83. The van der Waals surface area contributed by atoms with E-state index >= 15 is 0 Å². The largest absolute Gasteiger partial charge is 0.370 e. The van der Waals surface area contributed by atoms with Crippen LogP contribution in [0.2, 0.25) is 0 Å². The Balaban J connectivity index is 2.30. The third-order valence-corrected chi connectivity index (χ3v) is 5.00. The number of benzene rings is 1. The Morgan fingerprint density at radius 2 is 2.17 bits per heavy atom. The van der Waals surface area contributed by atoms with Gasteiger partial charge >= 0.3 is 0 Å². The summed E-state index contributed by atoms with van der Waals surface area (Å²) in [7, 11) is 2.02. The second-order valence-corrected chi connectivity index (χ2v) is 6.81. The van der Waals surface area contributed by atoms with Crippen LogP contribution >= 0.6 is 27.7 Å². The lowest BCUT2D eigenvalue weighted by Gasteiger charge is -2.27. The molecule has 0 amide bonds.